The summed E-state index contributed by atoms with van der Waals surface area (Å²) in [6, 6.07) is 4.95. The van der Waals surface area contributed by atoms with Gasteiger partial charge in [0.05, 0.1) is 11.9 Å². The summed E-state index contributed by atoms with van der Waals surface area (Å²) in [5.41, 5.74) is 1.98. The standard InChI is InChI=1S/C15H20N4O3S/c1-11(2)9-18-10-13(8-16-18)12-3-4-15(20)14(7-12)19-6-5-17-23(19,21)22/h3-4,7-8,10-11,17,20H,5-6,9H2,1-2H3. The summed E-state index contributed by atoms with van der Waals surface area (Å²) >= 11 is 0. The van der Waals surface area contributed by atoms with Crippen LogP contribution < -0.4 is 9.03 Å². The number of hydrogen-bond acceptors (Lipinski definition) is 4. The van der Waals surface area contributed by atoms with E-state index in [1.165, 1.54) is 10.4 Å². The van der Waals surface area contributed by atoms with Crippen LogP contribution in [-0.4, -0.2) is 36.4 Å². The second-order valence-corrected chi connectivity index (χ2v) is 7.70. The van der Waals surface area contributed by atoms with Gasteiger partial charge in [-0.1, -0.05) is 19.9 Å². The first kappa shape index (κ1) is 15.8. The summed E-state index contributed by atoms with van der Waals surface area (Å²) in [6.07, 6.45) is 3.67. The molecule has 1 aromatic heterocycles. The fraction of sp³-hybridized carbons (Fsp3) is 0.400. The number of phenols is 1. The molecule has 3 rings (SSSR count). The van der Waals surface area contributed by atoms with E-state index in [9.17, 15) is 13.5 Å². The third kappa shape index (κ3) is 3.18. The van der Waals surface area contributed by atoms with Gasteiger partial charge in [0, 0.05) is 31.4 Å². The van der Waals surface area contributed by atoms with Crippen molar-refractivity contribution in [1.82, 2.24) is 14.5 Å². The van der Waals surface area contributed by atoms with Crippen molar-refractivity contribution in [3.8, 4) is 16.9 Å². The minimum absolute atomic E-state index is 0.0596. The summed E-state index contributed by atoms with van der Waals surface area (Å²) in [4.78, 5) is 0. The smallest absolute Gasteiger partial charge is 0.301 e. The fourth-order valence-corrected chi connectivity index (χ4v) is 3.86. The second-order valence-electron chi connectivity index (χ2n) is 6.02. The monoisotopic (exact) mass is 336 g/mol. The van der Waals surface area contributed by atoms with Crippen molar-refractivity contribution < 1.29 is 13.5 Å². The molecule has 8 heteroatoms. The Morgan fingerprint density at radius 1 is 1.35 bits per heavy atom. The molecule has 23 heavy (non-hydrogen) atoms. The Labute approximate surface area is 135 Å². The Morgan fingerprint density at radius 3 is 2.78 bits per heavy atom. The highest BCUT2D eigenvalue weighted by Crippen LogP contribution is 2.34. The molecule has 1 aliphatic heterocycles. The molecule has 0 atom stereocenters. The molecule has 0 aliphatic carbocycles. The molecule has 1 aromatic carbocycles. The Morgan fingerprint density at radius 2 is 2.13 bits per heavy atom. The zero-order chi connectivity index (χ0) is 16.6. The quantitative estimate of drug-likeness (QED) is 0.887. The van der Waals surface area contributed by atoms with Gasteiger partial charge in [0.15, 0.2) is 0 Å². The maximum atomic E-state index is 12.0. The SMILES string of the molecule is CC(C)Cn1cc(-c2ccc(O)c(N3CCNS3(=O)=O)c2)cn1. The van der Waals surface area contributed by atoms with Gasteiger partial charge in [-0.2, -0.15) is 18.2 Å². The third-order valence-corrected chi connectivity index (χ3v) is 5.18. The molecule has 2 N–H and O–H groups in total. The lowest BCUT2D eigenvalue weighted by molar-refractivity contribution is 0.476. The van der Waals surface area contributed by atoms with E-state index in [4.69, 9.17) is 0 Å². The number of hydrogen-bond donors (Lipinski definition) is 2. The molecule has 0 saturated carbocycles. The lowest BCUT2D eigenvalue weighted by Crippen LogP contribution is -2.29. The molecule has 1 fully saturated rings. The first-order valence-corrected chi connectivity index (χ1v) is 8.94. The van der Waals surface area contributed by atoms with Gasteiger partial charge in [-0.3, -0.25) is 8.99 Å². The van der Waals surface area contributed by atoms with Gasteiger partial charge in [0.25, 0.3) is 0 Å². The molecule has 2 heterocycles. The first-order chi connectivity index (χ1) is 10.9. The Balaban J connectivity index is 1.96. The van der Waals surface area contributed by atoms with Gasteiger partial charge in [-0.15, -0.1) is 0 Å². The average Bonchev–Trinajstić information content (AvgIpc) is 3.05. The predicted molar refractivity (Wildman–Crippen MR) is 88.4 cm³/mol. The number of anilines is 1. The van der Waals surface area contributed by atoms with E-state index in [1.54, 1.807) is 18.3 Å². The lowest BCUT2D eigenvalue weighted by atomic mass is 10.1. The molecule has 0 bridgehead atoms. The number of rotatable bonds is 4. The molecule has 0 radical (unpaired) electrons. The maximum absolute atomic E-state index is 12.0. The Hall–Kier alpha value is -2.06. The minimum atomic E-state index is -3.57. The molecule has 1 saturated heterocycles. The molecule has 0 spiro atoms. The van der Waals surface area contributed by atoms with Gasteiger partial charge >= 0.3 is 10.2 Å². The van der Waals surface area contributed by atoms with Gasteiger partial charge < -0.3 is 5.11 Å². The lowest BCUT2D eigenvalue weighted by Gasteiger charge is -2.17. The number of phenolic OH excluding ortho intramolecular Hbond substituents is 1. The average molecular weight is 336 g/mol. The van der Waals surface area contributed by atoms with Crippen LogP contribution in [0.4, 0.5) is 5.69 Å². The zero-order valence-corrected chi connectivity index (χ0v) is 13.9. The summed E-state index contributed by atoms with van der Waals surface area (Å²) in [5, 5.41) is 14.4. The minimum Gasteiger partial charge on any atom is -0.506 e. The molecule has 0 unspecified atom stereocenters. The zero-order valence-electron chi connectivity index (χ0n) is 13.1. The van der Waals surface area contributed by atoms with Crippen LogP contribution in [0.25, 0.3) is 11.1 Å². The van der Waals surface area contributed by atoms with Crippen molar-refractivity contribution in [2.75, 3.05) is 17.4 Å². The molecule has 124 valence electrons. The van der Waals surface area contributed by atoms with Crippen molar-refractivity contribution in [3.05, 3.63) is 30.6 Å². The summed E-state index contributed by atoms with van der Waals surface area (Å²) in [7, 11) is -3.57. The number of nitrogens with zero attached hydrogens (tertiary/aromatic N) is 3. The van der Waals surface area contributed by atoms with Gasteiger partial charge in [0.1, 0.15) is 5.75 Å². The summed E-state index contributed by atoms with van der Waals surface area (Å²) in [5.74, 6) is 0.426. The number of aromatic hydroxyl groups is 1. The second kappa shape index (κ2) is 5.86. The van der Waals surface area contributed by atoms with Crippen LogP contribution in [0, 0.1) is 5.92 Å². The van der Waals surface area contributed by atoms with Crippen LogP contribution in [-0.2, 0) is 16.8 Å². The van der Waals surface area contributed by atoms with Gasteiger partial charge in [-0.05, 0) is 23.6 Å². The molecule has 0 amide bonds. The van der Waals surface area contributed by atoms with E-state index in [-0.39, 0.29) is 11.4 Å². The van der Waals surface area contributed by atoms with E-state index < -0.39 is 10.2 Å². The van der Waals surface area contributed by atoms with E-state index in [0.717, 1.165) is 17.7 Å². The Bertz CT molecular complexity index is 814. The number of aromatic nitrogens is 2. The molecular formula is C15H20N4O3S. The van der Waals surface area contributed by atoms with Crippen LogP contribution in [0.3, 0.4) is 0 Å². The first-order valence-electron chi connectivity index (χ1n) is 7.50. The van der Waals surface area contributed by atoms with E-state index in [1.807, 2.05) is 10.9 Å². The van der Waals surface area contributed by atoms with Crippen LogP contribution in [0.2, 0.25) is 0 Å². The summed E-state index contributed by atoms with van der Waals surface area (Å²) in [6.45, 7) is 5.68. The van der Waals surface area contributed by atoms with Crippen LogP contribution in [0.5, 0.6) is 5.75 Å². The van der Waals surface area contributed by atoms with Gasteiger partial charge in [-0.25, -0.2) is 0 Å². The molecule has 1 aliphatic rings. The van der Waals surface area contributed by atoms with Crippen molar-refractivity contribution in [1.29, 1.82) is 0 Å². The Kier molecular flexibility index (Phi) is 4.03. The predicted octanol–water partition coefficient (Wildman–Crippen LogP) is 1.57. The van der Waals surface area contributed by atoms with Crippen LogP contribution >= 0.6 is 0 Å². The van der Waals surface area contributed by atoms with Crippen molar-refractivity contribution in [2.24, 2.45) is 5.92 Å². The number of nitrogens with one attached hydrogen (secondary N) is 1. The highest BCUT2D eigenvalue weighted by atomic mass is 32.2. The van der Waals surface area contributed by atoms with Crippen molar-refractivity contribution in [2.45, 2.75) is 20.4 Å². The summed E-state index contributed by atoms with van der Waals surface area (Å²) < 4.78 is 29.4. The fourth-order valence-electron chi connectivity index (χ4n) is 2.61. The molecule has 7 nitrogen and oxygen atoms in total. The van der Waals surface area contributed by atoms with E-state index in [0.29, 0.717) is 19.0 Å². The third-order valence-electron chi connectivity index (χ3n) is 3.65. The van der Waals surface area contributed by atoms with Crippen molar-refractivity contribution >= 4 is 15.9 Å². The maximum Gasteiger partial charge on any atom is 0.301 e. The number of benzene rings is 1. The highest BCUT2D eigenvalue weighted by molar-refractivity contribution is 7.91. The largest absolute Gasteiger partial charge is 0.506 e. The van der Waals surface area contributed by atoms with E-state index in [2.05, 4.69) is 23.7 Å². The van der Waals surface area contributed by atoms with Crippen LogP contribution in [0.15, 0.2) is 30.6 Å². The van der Waals surface area contributed by atoms with Crippen molar-refractivity contribution in [3.63, 3.8) is 0 Å². The van der Waals surface area contributed by atoms with Crippen LogP contribution in [0.1, 0.15) is 13.8 Å². The molecule has 2 aromatic rings. The van der Waals surface area contributed by atoms with E-state index >= 15 is 0 Å². The highest BCUT2D eigenvalue weighted by Gasteiger charge is 2.30. The normalized spacial score (nSPS) is 17.1. The topological polar surface area (TPSA) is 87.5 Å². The molecular weight excluding hydrogens is 316 g/mol. The van der Waals surface area contributed by atoms with Gasteiger partial charge in [0.2, 0.25) is 0 Å².